The number of aliphatic hydroxyl groups excluding tert-OH is 8. The van der Waals surface area contributed by atoms with Crippen LogP contribution in [0.1, 0.15) is 213 Å². The molecular formula is C65H111NO13. The van der Waals surface area contributed by atoms with Crippen LogP contribution in [0.2, 0.25) is 0 Å². The zero-order chi connectivity index (χ0) is 57.4. The van der Waals surface area contributed by atoms with E-state index >= 15 is 0 Å². The fourth-order valence-electron chi connectivity index (χ4n) is 9.53. The quantitative estimate of drug-likeness (QED) is 0.0204. The Balaban J connectivity index is 1.78. The summed E-state index contributed by atoms with van der Waals surface area (Å²) in [6, 6.07) is -0.948. The van der Waals surface area contributed by atoms with Crippen molar-refractivity contribution >= 4 is 5.91 Å². The molecule has 12 unspecified atom stereocenters. The van der Waals surface area contributed by atoms with Crippen molar-refractivity contribution in [3.05, 3.63) is 97.2 Å². The fourth-order valence-corrected chi connectivity index (χ4v) is 9.53. The van der Waals surface area contributed by atoms with Gasteiger partial charge in [-0.25, -0.2) is 0 Å². The average Bonchev–Trinajstić information content (AvgIpc) is 3.47. The average molecular weight is 1110 g/mol. The first-order chi connectivity index (χ1) is 38.6. The second-order valence-electron chi connectivity index (χ2n) is 21.4. The summed E-state index contributed by atoms with van der Waals surface area (Å²) in [6.45, 7) is 2.65. The second-order valence-corrected chi connectivity index (χ2v) is 21.4. The number of hydrogen-bond donors (Lipinski definition) is 9. The van der Waals surface area contributed by atoms with Gasteiger partial charge < -0.3 is 65.1 Å². The molecule has 14 heteroatoms. The molecule has 0 saturated carbocycles. The first-order valence-corrected chi connectivity index (χ1v) is 31.0. The normalized spacial score (nSPS) is 25.1. The lowest BCUT2D eigenvalue weighted by atomic mass is 9.97. The van der Waals surface area contributed by atoms with Crippen LogP contribution in [0.4, 0.5) is 0 Å². The van der Waals surface area contributed by atoms with Gasteiger partial charge in [-0.1, -0.05) is 214 Å². The van der Waals surface area contributed by atoms with E-state index in [0.717, 1.165) is 83.5 Å². The first-order valence-electron chi connectivity index (χ1n) is 31.0. The van der Waals surface area contributed by atoms with Gasteiger partial charge in [-0.2, -0.15) is 0 Å². The number of allylic oxidation sites excluding steroid dienone is 15. The van der Waals surface area contributed by atoms with Crippen molar-refractivity contribution in [2.45, 2.75) is 286 Å². The largest absolute Gasteiger partial charge is 0.394 e. The van der Waals surface area contributed by atoms with E-state index in [1.165, 1.54) is 96.3 Å². The first kappa shape index (κ1) is 72.0. The molecule has 0 bridgehead atoms. The van der Waals surface area contributed by atoms with Crippen LogP contribution in [0.3, 0.4) is 0 Å². The van der Waals surface area contributed by atoms with Crippen LogP contribution in [0.25, 0.3) is 0 Å². The molecule has 2 heterocycles. The zero-order valence-electron chi connectivity index (χ0n) is 48.8. The molecule has 454 valence electrons. The maximum Gasteiger partial charge on any atom is 0.220 e. The van der Waals surface area contributed by atoms with Crippen LogP contribution in [-0.4, -0.2) is 140 Å². The van der Waals surface area contributed by atoms with Gasteiger partial charge in [0, 0.05) is 6.42 Å². The Bertz CT molecular complexity index is 1690. The van der Waals surface area contributed by atoms with Crippen LogP contribution in [-0.2, 0) is 23.7 Å². The summed E-state index contributed by atoms with van der Waals surface area (Å²) >= 11 is 0. The number of amides is 1. The molecule has 2 aliphatic heterocycles. The van der Waals surface area contributed by atoms with Crippen molar-refractivity contribution < 1.29 is 64.6 Å². The van der Waals surface area contributed by atoms with E-state index in [2.05, 4.69) is 104 Å². The molecule has 12 atom stereocenters. The Labute approximate surface area is 477 Å². The lowest BCUT2D eigenvalue weighted by molar-refractivity contribution is -0.359. The lowest BCUT2D eigenvalue weighted by Crippen LogP contribution is -2.65. The van der Waals surface area contributed by atoms with Crippen molar-refractivity contribution in [3.8, 4) is 0 Å². The molecule has 0 aliphatic carbocycles. The topological polar surface area (TPSA) is 228 Å². The highest BCUT2D eigenvalue weighted by Crippen LogP contribution is 2.30. The molecule has 0 aromatic carbocycles. The van der Waals surface area contributed by atoms with Crippen LogP contribution < -0.4 is 5.32 Å². The van der Waals surface area contributed by atoms with Crippen molar-refractivity contribution in [2.24, 2.45) is 0 Å². The third kappa shape index (κ3) is 34.8. The molecule has 2 aliphatic rings. The smallest absolute Gasteiger partial charge is 0.220 e. The molecule has 0 spiro atoms. The minimum atomic E-state index is -1.80. The van der Waals surface area contributed by atoms with Gasteiger partial charge in [0.2, 0.25) is 5.91 Å². The number of carbonyl (C=O) groups excluding carboxylic acids is 1. The van der Waals surface area contributed by atoms with Gasteiger partial charge in [0.1, 0.15) is 48.8 Å². The van der Waals surface area contributed by atoms with Gasteiger partial charge >= 0.3 is 0 Å². The van der Waals surface area contributed by atoms with E-state index in [1.54, 1.807) is 6.08 Å². The SMILES string of the molecule is CC/C=C\C/C=C\C/C=C\C/C=C\C/C=C\CCCCCCCCCCCC(=O)NC(COC1OC(CO)C(OC2OC(CO)C(O)C(O)C2O)C(O)C1O)C(O)/C=C/CC/C=C/CC/C=C/CCCCCCCCCCCC. The summed E-state index contributed by atoms with van der Waals surface area (Å²) in [5, 5.41) is 87.2. The monoisotopic (exact) mass is 1110 g/mol. The molecule has 0 radical (unpaired) electrons. The highest BCUT2D eigenvalue weighted by molar-refractivity contribution is 5.76. The van der Waals surface area contributed by atoms with Crippen molar-refractivity contribution in [3.63, 3.8) is 0 Å². The van der Waals surface area contributed by atoms with Crippen LogP contribution in [0.15, 0.2) is 97.2 Å². The summed E-state index contributed by atoms with van der Waals surface area (Å²) in [5.41, 5.74) is 0. The van der Waals surface area contributed by atoms with Gasteiger partial charge in [0.05, 0.1) is 32.0 Å². The molecule has 1 amide bonds. The maximum atomic E-state index is 13.3. The number of carbonyl (C=O) groups is 1. The van der Waals surface area contributed by atoms with E-state index in [1.807, 2.05) is 6.08 Å². The molecular weight excluding hydrogens is 1000 g/mol. The number of rotatable bonds is 48. The highest BCUT2D eigenvalue weighted by atomic mass is 16.7. The minimum Gasteiger partial charge on any atom is -0.394 e. The molecule has 2 rings (SSSR count). The predicted molar refractivity (Wildman–Crippen MR) is 318 cm³/mol. The van der Waals surface area contributed by atoms with Gasteiger partial charge in [-0.05, 0) is 89.9 Å². The van der Waals surface area contributed by atoms with Gasteiger partial charge in [-0.15, -0.1) is 0 Å². The van der Waals surface area contributed by atoms with E-state index in [4.69, 9.17) is 18.9 Å². The van der Waals surface area contributed by atoms with Crippen molar-refractivity contribution in [2.75, 3.05) is 19.8 Å². The highest BCUT2D eigenvalue weighted by Gasteiger charge is 2.51. The molecule has 79 heavy (non-hydrogen) atoms. The molecule has 0 aromatic heterocycles. The summed E-state index contributed by atoms with van der Waals surface area (Å²) < 4.78 is 22.8. The Hall–Kier alpha value is -3.09. The maximum absolute atomic E-state index is 13.3. The van der Waals surface area contributed by atoms with E-state index < -0.39 is 86.8 Å². The Morgan fingerprint density at radius 3 is 1.39 bits per heavy atom. The molecule has 0 aromatic rings. The van der Waals surface area contributed by atoms with Crippen LogP contribution >= 0.6 is 0 Å². The van der Waals surface area contributed by atoms with Crippen molar-refractivity contribution in [1.82, 2.24) is 5.32 Å². The zero-order valence-corrected chi connectivity index (χ0v) is 48.8. The van der Waals surface area contributed by atoms with Crippen LogP contribution in [0, 0.1) is 0 Å². The summed E-state index contributed by atoms with van der Waals surface area (Å²) in [5.74, 6) is -0.264. The van der Waals surface area contributed by atoms with Gasteiger partial charge in [0.15, 0.2) is 12.6 Å². The number of unbranched alkanes of at least 4 members (excludes halogenated alkanes) is 21. The van der Waals surface area contributed by atoms with E-state index in [9.17, 15) is 45.6 Å². The lowest BCUT2D eigenvalue weighted by Gasteiger charge is -2.46. The van der Waals surface area contributed by atoms with Gasteiger partial charge in [-0.3, -0.25) is 4.79 Å². The van der Waals surface area contributed by atoms with Crippen molar-refractivity contribution in [1.29, 1.82) is 0 Å². The summed E-state index contributed by atoms with van der Waals surface area (Å²) in [7, 11) is 0. The summed E-state index contributed by atoms with van der Waals surface area (Å²) in [4.78, 5) is 13.3. The second kappa shape index (κ2) is 49.5. The predicted octanol–water partition coefficient (Wildman–Crippen LogP) is 11.1. The molecule has 14 nitrogen and oxygen atoms in total. The van der Waals surface area contributed by atoms with E-state index in [-0.39, 0.29) is 18.9 Å². The fraction of sp³-hybridized carbons (Fsp3) is 0.738. The minimum absolute atomic E-state index is 0.257. The third-order valence-electron chi connectivity index (χ3n) is 14.5. The molecule has 2 saturated heterocycles. The third-order valence-corrected chi connectivity index (χ3v) is 14.5. The van der Waals surface area contributed by atoms with E-state index in [0.29, 0.717) is 12.8 Å². The molecule has 9 N–H and O–H groups in total. The summed E-state index contributed by atoms with van der Waals surface area (Å²) in [6.07, 6.45) is 51.5. The Kier molecular flexibility index (Phi) is 45.1. The van der Waals surface area contributed by atoms with Gasteiger partial charge in [0.25, 0.3) is 0 Å². The van der Waals surface area contributed by atoms with Crippen LogP contribution in [0.5, 0.6) is 0 Å². The standard InChI is InChI=1S/C65H111NO13/c1-3-5-7-9-11-13-15-17-19-21-23-25-26-27-28-29-31-33-35-37-39-41-43-45-47-49-57(70)66-53(54(69)48-46-44-42-40-38-36-34-32-30-24-22-20-18-16-14-12-10-8-6-4-2)52-76-64-62(75)60(73)63(56(51-68)78-64)79-65-61(74)59(72)58(71)55(50-67)77-65/h5,7,11,13,17,19,23,25,27-28,30,32,38,40,46,48,53-56,58-65,67-69,71-75H,3-4,6,8-10,12,14-16,18,20-22,24,26,29,31,33-37,39,41-45,47,49-52H2,1-2H3,(H,66,70)/b7-5-,13-11-,19-17-,25-23-,28-27-,32-30+,40-38+,48-46+. The Morgan fingerprint density at radius 2 is 0.886 bits per heavy atom. The number of hydrogen-bond acceptors (Lipinski definition) is 13. The Morgan fingerprint density at radius 1 is 0.468 bits per heavy atom. The number of ether oxygens (including phenoxy) is 4. The number of nitrogens with one attached hydrogen (secondary N) is 1. The number of aliphatic hydroxyl groups is 8. The molecule has 2 fully saturated rings.